The van der Waals surface area contributed by atoms with E-state index in [1.54, 1.807) is 12.1 Å². The summed E-state index contributed by atoms with van der Waals surface area (Å²) in [4.78, 5) is 38.5. The van der Waals surface area contributed by atoms with Crippen molar-refractivity contribution < 1.29 is 38.1 Å². The molecule has 0 saturated carbocycles. The van der Waals surface area contributed by atoms with Crippen LogP contribution < -0.4 is 0 Å². The van der Waals surface area contributed by atoms with Gasteiger partial charge in [0.2, 0.25) is 0 Å². The van der Waals surface area contributed by atoms with Crippen LogP contribution in [-0.4, -0.2) is 69.2 Å². The predicted molar refractivity (Wildman–Crippen MR) is 96.1 cm³/mol. The zero-order valence-corrected chi connectivity index (χ0v) is 16.2. The smallest absolute Gasteiger partial charge is 0.411 e. The average molecular weight is 395 g/mol. The molecule has 0 bridgehead atoms. The van der Waals surface area contributed by atoms with Crippen LogP contribution in [0, 0.1) is 0 Å². The lowest BCUT2D eigenvalue weighted by molar-refractivity contribution is -0.165. The van der Waals surface area contributed by atoms with E-state index >= 15 is 0 Å². The highest BCUT2D eigenvalue weighted by Crippen LogP contribution is 2.28. The monoisotopic (exact) mass is 395 g/mol. The molecule has 0 aliphatic carbocycles. The maximum Gasteiger partial charge on any atom is 0.411 e. The zero-order chi connectivity index (χ0) is 20.5. The molecular weight excluding hydrogens is 370 g/mol. The molecule has 0 aromatic heterocycles. The van der Waals surface area contributed by atoms with E-state index in [0.29, 0.717) is 0 Å². The Labute approximate surface area is 163 Å². The molecule has 2 rings (SSSR count). The maximum atomic E-state index is 12.8. The second kappa shape index (κ2) is 10.6. The Kier molecular flexibility index (Phi) is 8.21. The number of carbonyl (C=O) groups is 3. The van der Waals surface area contributed by atoms with Gasteiger partial charge in [-0.15, -0.1) is 0 Å². The normalized spacial score (nSPS) is 21.7. The Morgan fingerprint density at radius 3 is 2.04 bits per heavy atom. The van der Waals surface area contributed by atoms with Gasteiger partial charge in [0.1, 0.15) is 25.5 Å². The van der Waals surface area contributed by atoms with Crippen molar-refractivity contribution in [1.82, 2.24) is 4.90 Å². The molecule has 0 radical (unpaired) electrons. The number of piperidine rings is 1. The zero-order valence-electron chi connectivity index (χ0n) is 16.2. The van der Waals surface area contributed by atoms with Gasteiger partial charge in [0.05, 0.1) is 20.3 Å². The molecule has 1 saturated heterocycles. The summed E-state index contributed by atoms with van der Waals surface area (Å²) in [6.45, 7) is -0.00747. The van der Waals surface area contributed by atoms with E-state index in [2.05, 4.69) is 0 Å². The molecule has 9 nitrogen and oxygen atoms in total. The highest BCUT2D eigenvalue weighted by molar-refractivity contribution is 5.87. The molecule has 1 aliphatic heterocycles. The van der Waals surface area contributed by atoms with Crippen molar-refractivity contribution in [2.24, 2.45) is 0 Å². The Balaban J connectivity index is 2.21. The number of methoxy groups -OCH3 is 3. The van der Waals surface area contributed by atoms with E-state index < -0.39 is 36.2 Å². The van der Waals surface area contributed by atoms with Crippen LogP contribution in [0.5, 0.6) is 0 Å². The fourth-order valence-corrected chi connectivity index (χ4v) is 3.08. The highest BCUT2D eigenvalue weighted by atomic mass is 16.7. The van der Waals surface area contributed by atoms with Gasteiger partial charge >= 0.3 is 18.0 Å². The van der Waals surface area contributed by atoms with Crippen molar-refractivity contribution in [2.45, 2.75) is 37.6 Å². The van der Waals surface area contributed by atoms with Gasteiger partial charge in [-0.2, -0.15) is 0 Å². The number of benzene rings is 1. The van der Waals surface area contributed by atoms with Crippen LogP contribution in [0.3, 0.4) is 0 Å². The third-order valence-corrected chi connectivity index (χ3v) is 4.43. The first kappa shape index (κ1) is 21.6. The largest absolute Gasteiger partial charge is 0.467 e. The number of ether oxygens (including phenoxy) is 5. The predicted octanol–water partition coefficient (Wildman–Crippen LogP) is 1.49. The topological polar surface area (TPSA) is 101 Å². The number of nitrogens with zero attached hydrogens (tertiary/aromatic N) is 1. The molecule has 1 aromatic carbocycles. The van der Waals surface area contributed by atoms with Gasteiger partial charge < -0.3 is 23.7 Å². The van der Waals surface area contributed by atoms with Crippen LogP contribution in [0.1, 0.15) is 18.4 Å². The standard InChI is InChI=1S/C19H25NO8/c1-24-12-28-14-9-15(17(21)25-2)20(16(10-14)18(22)26-3)19(23)27-11-13-7-5-4-6-8-13/h4-8,14-16H,9-12H2,1-3H3/t14?,15-,16+. The van der Waals surface area contributed by atoms with Crippen molar-refractivity contribution in [3.05, 3.63) is 35.9 Å². The summed E-state index contributed by atoms with van der Waals surface area (Å²) in [6.07, 6.45) is -1.01. The first-order chi connectivity index (χ1) is 13.5. The Morgan fingerprint density at radius 2 is 1.54 bits per heavy atom. The number of hydrogen-bond acceptors (Lipinski definition) is 8. The number of carbonyl (C=O) groups excluding carboxylic acids is 3. The lowest BCUT2D eigenvalue weighted by Crippen LogP contribution is -2.60. The minimum absolute atomic E-state index is 0.00155. The van der Waals surface area contributed by atoms with E-state index in [1.165, 1.54) is 21.3 Å². The Bertz CT molecular complexity index is 639. The second-order valence-electron chi connectivity index (χ2n) is 6.19. The van der Waals surface area contributed by atoms with Crippen molar-refractivity contribution in [1.29, 1.82) is 0 Å². The lowest BCUT2D eigenvalue weighted by Gasteiger charge is -2.41. The lowest BCUT2D eigenvalue weighted by atomic mass is 9.93. The summed E-state index contributed by atoms with van der Waals surface area (Å²) < 4.78 is 25.4. The number of amides is 1. The minimum atomic E-state index is -1.05. The van der Waals surface area contributed by atoms with Crippen molar-refractivity contribution in [3.8, 4) is 0 Å². The van der Waals surface area contributed by atoms with E-state index in [-0.39, 0.29) is 26.2 Å². The number of rotatable bonds is 7. The first-order valence-electron chi connectivity index (χ1n) is 8.77. The number of esters is 2. The molecule has 154 valence electrons. The molecule has 3 atom stereocenters. The molecule has 1 unspecified atom stereocenters. The van der Waals surface area contributed by atoms with E-state index in [1.807, 2.05) is 18.2 Å². The quantitative estimate of drug-likeness (QED) is 0.389. The molecule has 1 aromatic rings. The van der Waals surface area contributed by atoms with Crippen molar-refractivity contribution >= 4 is 18.0 Å². The number of hydrogen-bond donors (Lipinski definition) is 0. The molecule has 9 heteroatoms. The van der Waals surface area contributed by atoms with Crippen LogP contribution in [0.4, 0.5) is 4.79 Å². The summed E-state index contributed by atoms with van der Waals surface area (Å²) in [5.41, 5.74) is 0.776. The molecule has 1 amide bonds. The van der Waals surface area contributed by atoms with Crippen LogP contribution in [0.15, 0.2) is 30.3 Å². The maximum absolute atomic E-state index is 12.8. The molecule has 1 aliphatic rings. The second-order valence-corrected chi connectivity index (χ2v) is 6.19. The summed E-state index contributed by atoms with van der Waals surface area (Å²) in [5.74, 6) is -1.34. The first-order valence-corrected chi connectivity index (χ1v) is 8.77. The molecule has 1 heterocycles. The third kappa shape index (κ3) is 5.43. The van der Waals surface area contributed by atoms with Gasteiger partial charge in [0, 0.05) is 20.0 Å². The van der Waals surface area contributed by atoms with E-state index in [4.69, 9.17) is 23.7 Å². The highest BCUT2D eigenvalue weighted by Gasteiger charge is 2.47. The van der Waals surface area contributed by atoms with Crippen molar-refractivity contribution in [3.63, 3.8) is 0 Å². The third-order valence-electron chi connectivity index (χ3n) is 4.43. The van der Waals surface area contributed by atoms with Gasteiger partial charge in [0.25, 0.3) is 0 Å². The van der Waals surface area contributed by atoms with Gasteiger partial charge in [-0.25, -0.2) is 14.4 Å². The molecule has 28 heavy (non-hydrogen) atoms. The van der Waals surface area contributed by atoms with Crippen LogP contribution in [0.2, 0.25) is 0 Å². The summed E-state index contributed by atoms with van der Waals surface area (Å²) in [7, 11) is 3.89. The van der Waals surface area contributed by atoms with Gasteiger partial charge in [0.15, 0.2) is 0 Å². The number of likely N-dealkylation sites (tertiary alicyclic amines) is 1. The fraction of sp³-hybridized carbons (Fsp3) is 0.526. The van der Waals surface area contributed by atoms with Crippen LogP contribution in [-0.2, 0) is 39.9 Å². The van der Waals surface area contributed by atoms with Crippen LogP contribution >= 0.6 is 0 Å². The van der Waals surface area contributed by atoms with E-state index in [9.17, 15) is 14.4 Å². The molecule has 0 spiro atoms. The minimum Gasteiger partial charge on any atom is -0.467 e. The fourth-order valence-electron chi connectivity index (χ4n) is 3.08. The SMILES string of the molecule is COCOC1C[C@H](C(=O)OC)N(C(=O)OCc2ccccc2)[C@H](C(=O)OC)C1. The van der Waals surface area contributed by atoms with Crippen LogP contribution in [0.25, 0.3) is 0 Å². The Hall–Kier alpha value is -2.65. The molecule has 1 fully saturated rings. The van der Waals surface area contributed by atoms with E-state index in [0.717, 1.165) is 10.5 Å². The van der Waals surface area contributed by atoms with Gasteiger partial charge in [-0.3, -0.25) is 4.90 Å². The molecule has 0 N–H and O–H groups in total. The summed E-state index contributed by atoms with van der Waals surface area (Å²) in [5, 5.41) is 0. The molecular formula is C19H25NO8. The Morgan fingerprint density at radius 1 is 0.964 bits per heavy atom. The summed E-state index contributed by atoms with van der Waals surface area (Å²) >= 11 is 0. The average Bonchev–Trinajstić information content (AvgIpc) is 2.74. The summed E-state index contributed by atoms with van der Waals surface area (Å²) in [6, 6.07) is 6.98. The van der Waals surface area contributed by atoms with Crippen molar-refractivity contribution in [2.75, 3.05) is 28.1 Å². The van der Waals surface area contributed by atoms with Gasteiger partial charge in [-0.1, -0.05) is 30.3 Å². The van der Waals surface area contributed by atoms with Gasteiger partial charge in [-0.05, 0) is 5.56 Å².